The molecule has 5 nitrogen and oxygen atoms in total. The Labute approximate surface area is 221 Å². The Morgan fingerprint density at radius 2 is 1.89 bits per heavy atom. The Hall–Kier alpha value is -1.21. The van der Waals surface area contributed by atoms with Gasteiger partial charge in [-0.25, -0.2) is 0 Å². The first-order valence-electron chi connectivity index (χ1n) is 13.8. The molecule has 1 aromatic rings. The van der Waals surface area contributed by atoms with Crippen molar-refractivity contribution in [3.05, 3.63) is 35.4 Å². The Balaban J connectivity index is 2.06. The molecule has 0 aliphatic carbocycles. The summed E-state index contributed by atoms with van der Waals surface area (Å²) in [5.74, 6) is -0.348. The van der Waals surface area contributed by atoms with E-state index in [4.69, 9.17) is 18.6 Å². The summed E-state index contributed by atoms with van der Waals surface area (Å²) in [6.45, 7) is 19.6. The van der Waals surface area contributed by atoms with Gasteiger partial charge in [-0.1, -0.05) is 65.8 Å². The summed E-state index contributed by atoms with van der Waals surface area (Å²) in [5.41, 5.74) is 2.40. The molecule has 2 unspecified atom stereocenters. The van der Waals surface area contributed by atoms with Gasteiger partial charge in [-0.3, -0.25) is 4.79 Å². The normalized spacial score (nSPS) is 19.1. The molecule has 0 saturated carbocycles. The van der Waals surface area contributed by atoms with Crippen molar-refractivity contribution in [1.29, 1.82) is 0 Å². The van der Waals surface area contributed by atoms with Gasteiger partial charge in [0.25, 0.3) is 0 Å². The van der Waals surface area contributed by atoms with Crippen molar-refractivity contribution in [1.82, 2.24) is 0 Å². The van der Waals surface area contributed by atoms with Crippen LogP contribution < -0.4 is 0 Å². The highest BCUT2D eigenvalue weighted by Gasteiger charge is 2.38. The van der Waals surface area contributed by atoms with Crippen LogP contribution in [0.4, 0.5) is 0 Å². The third-order valence-electron chi connectivity index (χ3n) is 7.87. The minimum absolute atomic E-state index is 0.0291. The largest absolute Gasteiger partial charge is 0.469 e. The lowest BCUT2D eigenvalue weighted by Gasteiger charge is -2.39. The molecule has 1 heterocycles. The van der Waals surface area contributed by atoms with Gasteiger partial charge >= 0.3 is 5.97 Å². The number of hydrogen-bond acceptors (Lipinski definition) is 5. The van der Waals surface area contributed by atoms with E-state index in [-0.39, 0.29) is 34.7 Å². The maximum Gasteiger partial charge on any atom is 0.308 e. The van der Waals surface area contributed by atoms with Crippen molar-refractivity contribution in [2.24, 2.45) is 11.3 Å². The summed E-state index contributed by atoms with van der Waals surface area (Å²) in [7, 11) is -0.316. The smallest absolute Gasteiger partial charge is 0.308 e. The SMILES string of the molecule is COC(=O)[C@H](C)Cc1cccc(C(CCCC(C)(C)CO[Si](C)(C)C(C)(C)C)OC2CCCCO2)c1. The number of methoxy groups -OCH3 is 1. The summed E-state index contributed by atoms with van der Waals surface area (Å²) in [4.78, 5) is 11.9. The van der Waals surface area contributed by atoms with E-state index in [1.165, 1.54) is 7.11 Å². The van der Waals surface area contributed by atoms with Crippen LogP contribution in [0.25, 0.3) is 0 Å². The van der Waals surface area contributed by atoms with E-state index in [1.54, 1.807) is 0 Å². The van der Waals surface area contributed by atoms with Gasteiger partial charge in [0.2, 0.25) is 0 Å². The highest BCUT2D eigenvalue weighted by Crippen LogP contribution is 2.39. The molecule has 206 valence electrons. The highest BCUT2D eigenvalue weighted by atomic mass is 28.4. The first-order valence-corrected chi connectivity index (χ1v) is 16.7. The molecule has 0 aromatic heterocycles. The van der Waals surface area contributed by atoms with Gasteiger partial charge in [0, 0.05) is 13.2 Å². The molecule has 0 N–H and O–H groups in total. The Morgan fingerprint density at radius 3 is 2.50 bits per heavy atom. The van der Waals surface area contributed by atoms with E-state index in [0.29, 0.717) is 6.42 Å². The number of esters is 1. The zero-order valence-electron chi connectivity index (χ0n) is 24.4. The van der Waals surface area contributed by atoms with Crippen molar-refractivity contribution in [3.63, 3.8) is 0 Å². The summed E-state index contributed by atoms with van der Waals surface area (Å²) in [5, 5.41) is 0.221. The molecule has 1 aliphatic heterocycles. The van der Waals surface area contributed by atoms with E-state index >= 15 is 0 Å². The van der Waals surface area contributed by atoms with Crippen LogP contribution in [0.2, 0.25) is 18.1 Å². The monoisotopic (exact) mass is 520 g/mol. The zero-order valence-corrected chi connectivity index (χ0v) is 25.4. The number of hydrogen-bond donors (Lipinski definition) is 0. The fourth-order valence-electron chi connectivity index (χ4n) is 4.30. The maximum absolute atomic E-state index is 11.9. The molecular formula is C30H52O5Si. The van der Waals surface area contributed by atoms with Crippen molar-refractivity contribution in [2.45, 2.75) is 117 Å². The molecule has 0 radical (unpaired) electrons. The molecule has 0 bridgehead atoms. The average Bonchev–Trinajstić information content (AvgIpc) is 2.82. The molecular weight excluding hydrogens is 468 g/mol. The van der Waals surface area contributed by atoms with Crippen LogP contribution in [0.1, 0.15) is 97.3 Å². The van der Waals surface area contributed by atoms with Crippen molar-refractivity contribution < 1.29 is 23.4 Å². The molecule has 36 heavy (non-hydrogen) atoms. The number of rotatable bonds is 13. The van der Waals surface area contributed by atoms with Crippen LogP contribution in [-0.4, -0.2) is 40.9 Å². The molecule has 6 heteroatoms. The van der Waals surface area contributed by atoms with E-state index in [0.717, 1.165) is 62.9 Å². The van der Waals surface area contributed by atoms with Crippen LogP contribution in [0.3, 0.4) is 0 Å². The topological polar surface area (TPSA) is 54.0 Å². The average molecular weight is 521 g/mol. The number of carbonyl (C=O) groups is 1. The second-order valence-electron chi connectivity index (χ2n) is 12.9. The Kier molecular flexibility index (Phi) is 11.7. The lowest BCUT2D eigenvalue weighted by atomic mass is 9.87. The molecule has 2 rings (SSSR count). The second-order valence-corrected chi connectivity index (χ2v) is 17.7. The lowest BCUT2D eigenvalue weighted by molar-refractivity contribution is -0.191. The van der Waals surface area contributed by atoms with Crippen LogP contribution in [0.15, 0.2) is 24.3 Å². The molecule has 1 fully saturated rings. The van der Waals surface area contributed by atoms with Gasteiger partial charge in [0.15, 0.2) is 14.6 Å². The van der Waals surface area contributed by atoms with Gasteiger partial charge in [-0.05, 0) is 79.6 Å². The second kappa shape index (κ2) is 13.5. The van der Waals surface area contributed by atoms with Crippen LogP contribution >= 0.6 is 0 Å². The van der Waals surface area contributed by atoms with Crippen LogP contribution in [0, 0.1) is 11.3 Å². The van der Waals surface area contributed by atoms with Crippen LogP contribution in [0.5, 0.6) is 0 Å². The number of ether oxygens (including phenoxy) is 3. The first kappa shape index (κ1) is 31.0. The quantitative estimate of drug-likeness (QED) is 0.196. The van der Waals surface area contributed by atoms with Gasteiger partial charge in [-0.2, -0.15) is 0 Å². The molecule has 1 aromatic carbocycles. The van der Waals surface area contributed by atoms with E-state index in [9.17, 15) is 4.79 Å². The van der Waals surface area contributed by atoms with Gasteiger partial charge in [0.1, 0.15) is 0 Å². The fourth-order valence-corrected chi connectivity index (χ4v) is 5.49. The molecule has 1 saturated heterocycles. The van der Waals surface area contributed by atoms with Gasteiger partial charge in [-0.15, -0.1) is 0 Å². The zero-order chi connectivity index (χ0) is 27.0. The summed E-state index contributed by atoms with van der Waals surface area (Å²) in [6, 6.07) is 8.49. The van der Waals surface area contributed by atoms with Gasteiger partial charge < -0.3 is 18.6 Å². The summed E-state index contributed by atoms with van der Waals surface area (Å²) < 4.78 is 23.9. The van der Waals surface area contributed by atoms with Crippen molar-refractivity contribution in [2.75, 3.05) is 20.3 Å². The third kappa shape index (κ3) is 9.92. The third-order valence-corrected chi connectivity index (χ3v) is 12.4. The van der Waals surface area contributed by atoms with E-state index in [1.807, 2.05) is 6.92 Å². The standard InChI is InChI=1S/C30H52O5Si/c1-23(28(31)32-7)20-24-14-12-15-25(21-24)26(35-27-17-10-11-19-33-27)16-13-18-30(5,6)22-34-36(8,9)29(2,3)4/h12,14-15,21,23,26-27H,10-11,13,16-20,22H2,1-9H3/t23-,26?,27?/m1/s1. The Morgan fingerprint density at radius 1 is 1.17 bits per heavy atom. The lowest BCUT2D eigenvalue weighted by Crippen LogP contribution is -2.43. The minimum Gasteiger partial charge on any atom is -0.469 e. The highest BCUT2D eigenvalue weighted by molar-refractivity contribution is 6.74. The van der Waals surface area contributed by atoms with Crippen molar-refractivity contribution in [3.8, 4) is 0 Å². The number of benzene rings is 1. The summed E-state index contributed by atoms with van der Waals surface area (Å²) in [6.07, 6.45) is 6.74. The van der Waals surface area contributed by atoms with E-state index < -0.39 is 8.32 Å². The van der Waals surface area contributed by atoms with E-state index in [2.05, 4.69) is 72.0 Å². The molecule has 1 aliphatic rings. The fraction of sp³-hybridized carbons (Fsp3) is 0.767. The van der Waals surface area contributed by atoms with Crippen molar-refractivity contribution >= 4 is 14.3 Å². The first-order chi connectivity index (χ1) is 16.7. The molecule has 3 atom stereocenters. The van der Waals surface area contributed by atoms with Gasteiger partial charge in [0.05, 0.1) is 19.1 Å². The maximum atomic E-state index is 11.9. The predicted molar refractivity (Wildman–Crippen MR) is 150 cm³/mol. The molecule has 0 spiro atoms. The predicted octanol–water partition coefficient (Wildman–Crippen LogP) is 7.84. The molecule has 0 amide bonds. The summed E-state index contributed by atoms with van der Waals surface area (Å²) >= 11 is 0. The minimum atomic E-state index is -1.76. The number of carbonyl (C=O) groups excluding carboxylic acids is 1. The van der Waals surface area contributed by atoms with Crippen LogP contribution in [-0.2, 0) is 29.9 Å². The Bertz CT molecular complexity index is 808.